The van der Waals surface area contributed by atoms with Gasteiger partial charge < -0.3 is 5.43 Å². The number of anilines is 1. The van der Waals surface area contributed by atoms with Gasteiger partial charge in [-0.15, -0.1) is 12.4 Å². The molecule has 4 heteroatoms. The Balaban J connectivity index is 0.00000121. The van der Waals surface area contributed by atoms with E-state index < -0.39 is 0 Å². The molecule has 0 atom stereocenters. The Kier molecular flexibility index (Phi) is 4.04. The van der Waals surface area contributed by atoms with Crippen LogP contribution in [0.1, 0.15) is 38.5 Å². The second-order valence-corrected chi connectivity index (χ2v) is 7.87. The van der Waals surface area contributed by atoms with Gasteiger partial charge in [-0.2, -0.15) is 0 Å². The number of halogens is 2. The normalized spacial score (nSPS) is 37.5. The molecule has 0 radical (unpaired) electrons. The summed E-state index contributed by atoms with van der Waals surface area (Å²) >= 11 is 3.48. The molecule has 0 aliphatic heterocycles. The molecule has 20 heavy (non-hydrogen) atoms. The van der Waals surface area contributed by atoms with Crippen molar-refractivity contribution in [2.24, 2.45) is 17.8 Å². The highest BCUT2D eigenvalue weighted by Crippen LogP contribution is 2.55. The lowest BCUT2D eigenvalue weighted by Gasteiger charge is -2.56. The van der Waals surface area contributed by atoms with Crippen LogP contribution < -0.4 is 10.9 Å². The number of nitrogens with one attached hydrogen (secondary N) is 2. The van der Waals surface area contributed by atoms with E-state index in [0.29, 0.717) is 5.54 Å². The van der Waals surface area contributed by atoms with Crippen LogP contribution in [-0.2, 0) is 0 Å². The van der Waals surface area contributed by atoms with E-state index in [0.717, 1.165) is 22.2 Å². The van der Waals surface area contributed by atoms with Crippen LogP contribution in [0.4, 0.5) is 5.69 Å². The maximum atomic E-state index is 3.70. The fourth-order valence-corrected chi connectivity index (χ4v) is 5.27. The highest BCUT2D eigenvalue weighted by Gasteiger charge is 2.50. The number of hydrogen-bond acceptors (Lipinski definition) is 2. The largest absolute Gasteiger partial charge is 0.321 e. The molecule has 4 aliphatic rings. The molecule has 4 fully saturated rings. The highest BCUT2D eigenvalue weighted by molar-refractivity contribution is 9.10. The minimum Gasteiger partial charge on any atom is -0.321 e. The molecule has 5 rings (SSSR count). The average molecular weight is 358 g/mol. The summed E-state index contributed by atoms with van der Waals surface area (Å²) in [7, 11) is 0. The molecule has 0 amide bonds. The monoisotopic (exact) mass is 356 g/mol. The molecule has 2 N–H and O–H groups in total. The standard InChI is InChI=1S/C16H21BrN2.ClH/c17-14-1-3-15(4-2-14)18-19-16-8-11-5-12(9-16)7-13(6-11)10-16;/h1-4,11-13,18-19H,5-10H2;1H. The van der Waals surface area contributed by atoms with Crippen molar-refractivity contribution in [3.05, 3.63) is 28.7 Å². The molecule has 110 valence electrons. The van der Waals surface area contributed by atoms with Crippen LogP contribution in [0.2, 0.25) is 0 Å². The number of rotatable bonds is 3. The molecule has 2 nitrogen and oxygen atoms in total. The Morgan fingerprint density at radius 1 is 0.900 bits per heavy atom. The van der Waals surface area contributed by atoms with Gasteiger partial charge in [0.25, 0.3) is 0 Å². The van der Waals surface area contributed by atoms with Crippen molar-refractivity contribution in [2.75, 3.05) is 5.43 Å². The molecule has 4 bridgehead atoms. The van der Waals surface area contributed by atoms with Gasteiger partial charge in [0.05, 0.1) is 0 Å². The van der Waals surface area contributed by atoms with Gasteiger partial charge in [0.2, 0.25) is 0 Å². The second-order valence-electron chi connectivity index (χ2n) is 6.95. The van der Waals surface area contributed by atoms with Gasteiger partial charge in [0.15, 0.2) is 0 Å². The van der Waals surface area contributed by atoms with Gasteiger partial charge in [-0.05, 0) is 80.5 Å². The molecule has 0 unspecified atom stereocenters. The fraction of sp³-hybridized carbons (Fsp3) is 0.625. The lowest BCUT2D eigenvalue weighted by Crippen LogP contribution is -2.59. The van der Waals surface area contributed by atoms with Crippen LogP contribution in [0.3, 0.4) is 0 Å². The van der Waals surface area contributed by atoms with E-state index in [2.05, 4.69) is 51.0 Å². The molecule has 4 saturated carbocycles. The summed E-state index contributed by atoms with van der Waals surface area (Å²) in [5.41, 5.74) is 8.70. The molecule has 1 aromatic carbocycles. The summed E-state index contributed by atoms with van der Waals surface area (Å²) in [5.74, 6) is 2.97. The third kappa shape index (κ3) is 2.72. The lowest BCUT2D eigenvalue weighted by molar-refractivity contribution is -0.0160. The first-order valence-corrected chi connectivity index (χ1v) is 8.29. The van der Waals surface area contributed by atoms with Gasteiger partial charge in [0.1, 0.15) is 0 Å². The predicted molar refractivity (Wildman–Crippen MR) is 89.1 cm³/mol. The van der Waals surface area contributed by atoms with Crippen molar-refractivity contribution in [3.63, 3.8) is 0 Å². The maximum Gasteiger partial charge on any atom is 0.0488 e. The van der Waals surface area contributed by atoms with Crippen molar-refractivity contribution < 1.29 is 0 Å². The van der Waals surface area contributed by atoms with Gasteiger partial charge >= 0.3 is 0 Å². The molecule has 1 aromatic rings. The molecule has 0 spiro atoms. The zero-order chi connectivity index (χ0) is 12.9. The van der Waals surface area contributed by atoms with E-state index in [1.165, 1.54) is 44.2 Å². The zero-order valence-electron chi connectivity index (χ0n) is 11.6. The number of hydrogen-bond donors (Lipinski definition) is 2. The van der Waals surface area contributed by atoms with Crippen LogP contribution in [0.5, 0.6) is 0 Å². The molecule has 0 saturated heterocycles. The summed E-state index contributed by atoms with van der Waals surface area (Å²) < 4.78 is 1.13. The first-order valence-electron chi connectivity index (χ1n) is 7.50. The third-order valence-corrected chi connectivity index (χ3v) is 5.88. The Labute approximate surface area is 135 Å². The van der Waals surface area contributed by atoms with Crippen LogP contribution in [-0.4, -0.2) is 5.54 Å². The number of hydrazine groups is 1. The molecular formula is C16H22BrClN2. The van der Waals surface area contributed by atoms with E-state index >= 15 is 0 Å². The van der Waals surface area contributed by atoms with Crippen LogP contribution in [0, 0.1) is 17.8 Å². The first-order chi connectivity index (χ1) is 9.21. The second kappa shape index (κ2) is 5.51. The van der Waals surface area contributed by atoms with Crippen LogP contribution in [0.25, 0.3) is 0 Å². The molecule has 4 aliphatic carbocycles. The maximum absolute atomic E-state index is 3.70. The van der Waals surface area contributed by atoms with Crippen LogP contribution in [0.15, 0.2) is 28.7 Å². The van der Waals surface area contributed by atoms with E-state index in [1.54, 1.807) is 0 Å². The van der Waals surface area contributed by atoms with E-state index in [9.17, 15) is 0 Å². The lowest BCUT2D eigenvalue weighted by atomic mass is 9.53. The van der Waals surface area contributed by atoms with E-state index in [-0.39, 0.29) is 12.4 Å². The smallest absolute Gasteiger partial charge is 0.0488 e. The van der Waals surface area contributed by atoms with Gasteiger partial charge in [-0.1, -0.05) is 15.9 Å². The van der Waals surface area contributed by atoms with Crippen molar-refractivity contribution in [3.8, 4) is 0 Å². The van der Waals surface area contributed by atoms with Gasteiger partial charge in [0, 0.05) is 15.7 Å². The highest BCUT2D eigenvalue weighted by atomic mass is 79.9. The summed E-state index contributed by atoms with van der Waals surface area (Å²) in [4.78, 5) is 0. The van der Waals surface area contributed by atoms with Crippen molar-refractivity contribution in [1.82, 2.24) is 5.43 Å². The fourth-order valence-electron chi connectivity index (χ4n) is 5.00. The van der Waals surface area contributed by atoms with Gasteiger partial charge in [-0.3, -0.25) is 0 Å². The Morgan fingerprint density at radius 3 is 1.90 bits per heavy atom. The topological polar surface area (TPSA) is 24.1 Å². The Hall–Kier alpha value is -0.250. The number of benzene rings is 1. The predicted octanol–water partition coefficient (Wildman–Crippen LogP) is 4.76. The minimum atomic E-state index is 0. The van der Waals surface area contributed by atoms with Gasteiger partial charge in [-0.25, -0.2) is 5.43 Å². The summed E-state index contributed by atoms with van der Waals surface area (Å²) in [6.45, 7) is 0. The SMILES string of the molecule is Brc1ccc(NNC23CC4CC(CC(C4)C2)C3)cc1.Cl. The molecule has 0 aromatic heterocycles. The zero-order valence-corrected chi connectivity index (χ0v) is 14.0. The summed E-state index contributed by atoms with van der Waals surface area (Å²) in [6, 6.07) is 8.42. The molecular weight excluding hydrogens is 336 g/mol. The van der Waals surface area contributed by atoms with Crippen molar-refractivity contribution in [1.29, 1.82) is 0 Å². The third-order valence-electron chi connectivity index (χ3n) is 5.35. The quantitative estimate of drug-likeness (QED) is 0.762. The first kappa shape index (κ1) is 14.7. The van der Waals surface area contributed by atoms with Crippen LogP contribution >= 0.6 is 28.3 Å². The molecule has 0 heterocycles. The van der Waals surface area contributed by atoms with E-state index in [4.69, 9.17) is 0 Å². The van der Waals surface area contributed by atoms with E-state index in [1.807, 2.05) is 0 Å². The van der Waals surface area contributed by atoms with Crippen molar-refractivity contribution in [2.45, 2.75) is 44.1 Å². The van der Waals surface area contributed by atoms with Crippen molar-refractivity contribution >= 4 is 34.0 Å². The minimum absolute atomic E-state index is 0. The Bertz CT molecular complexity index is 439. The Morgan fingerprint density at radius 2 is 1.40 bits per heavy atom. The average Bonchev–Trinajstić information content (AvgIpc) is 2.36. The summed E-state index contributed by atoms with van der Waals surface area (Å²) in [6.07, 6.45) is 8.63. The summed E-state index contributed by atoms with van der Waals surface area (Å²) in [5, 5.41) is 0.